The number of carbonyl (C=O) groups excluding carboxylic acids is 1. The van der Waals surface area contributed by atoms with Crippen LogP contribution < -0.4 is 11.5 Å². The average molecular weight is 218 g/mol. The van der Waals surface area contributed by atoms with E-state index < -0.39 is 0 Å². The Morgan fingerprint density at radius 1 is 1.20 bits per heavy atom. The minimum Gasteiger partial charge on any atom is -0.397 e. The molecule has 0 saturated carbocycles. The molecule has 0 atom stereocenters. The van der Waals surface area contributed by atoms with E-state index >= 15 is 0 Å². The number of nitrogen functional groups attached to an aromatic ring is 2. The summed E-state index contributed by atoms with van der Waals surface area (Å²) in [7, 11) is 0. The van der Waals surface area contributed by atoms with Crippen molar-refractivity contribution in [2.24, 2.45) is 0 Å². The molecule has 4 heteroatoms. The number of rotatable bonds is 2. The predicted octanol–water partition coefficient (Wildman–Crippen LogP) is 2.14. The van der Waals surface area contributed by atoms with Gasteiger partial charge in [-0.3, -0.25) is 4.79 Å². The summed E-state index contributed by atoms with van der Waals surface area (Å²) in [6, 6.07) is 6.87. The largest absolute Gasteiger partial charge is 0.397 e. The lowest BCUT2D eigenvalue weighted by Gasteiger charge is -2.05. The zero-order valence-electron chi connectivity index (χ0n) is 7.94. The molecule has 0 aliphatic carbocycles. The maximum absolute atomic E-state index is 12.0. The fraction of sp³-hybridized carbons (Fsp3) is 0. The topological polar surface area (TPSA) is 69.1 Å². The summed E-state index contributed by atoms with van der Waals surface area (Å²) >= 11 is 1.48. The monoisotopic (exact) mass is 218 g/mol. The van der Waals surface area contributed by atoms with E-state index in [1.165, 1.54) is 11.3 Å². The third kappa shape index (κ3) is 1.71. The molecule has 4 N–H and O–H groups in total. The summed E-state index contributed by atoms with van der Waals surface area (Å²) in [6.45, 7) is 0. The normalized spacial score (nSPS) is 10.1. The standard InChI is InChI=1S/C11H10N2OS/c12-9-3-1-2-8(10(9)13)11(14)7-4-5-15-6-7/h1-6H,12-13H2. The molecule has 3 nitrogen and oxygen atoms in total. The highest BCUT2D eigenvalue weighted by Gasteiger charge is 2.13. The molecule has 1 aromatic carbocycles. The molecule has 76 valence electrons. The highest BCUT2D eigenvalue weighted by molar-refractivity contribution is 7.08. The van der Waals surface area contributed by atoms with Gasteiger partial charge in [0.25, 0.3) is 0 Å². The highest BCUT2D eigenvalue weighted by atomic mass is 32.1. The van der Waals surface area contributed by atoms with Gasteiger partial charge in [-0.1, -0.05) is 6.07 Å². The van der Waals surface area contributed by atoms with Crippen molar-refractivity contribution >= 4 is 28.5 Å². The van der Waals surface area contributed by atoms with Crippen LogP contribution in [-0.2, 0) is 0 Å². The van der Waals surface area contributed by atoms with Gasteiger partial charge in [-0.05, 0) is 23.6 Å². The van der Waals surface area contributed by atoms with E-state index in [1.807, 2.05) is 5.38 Å². The maximum Gasteiger partial charge on any atom is 0.196 e. The van der Waals surface area contributed by atoms with Gasteiger partial charge in [-0.15, -0.1) is 0 Å². The number of ketones is 1. The summed E-state index contributed by atoms with van der Waals surface area (Å²) in [5.41, 5.74) is 13.3. The van der Waals surface area contributed by atoms with Gasteiger partial charge in [-0.25, -0.2) is 0 Å². The van der Waals surface area contributed by atoms with Crippen LogP contribution in [0.3, 0.4) is 0 Å². The first-order chi connectivity index (χ1) is 7.20. The van der Waals surface area contributed by atoms with Crippen LogP contribution >= 0.6 is 11.3 Å². The lowest BCUT2D eigenvalue weighted by atomic mass is 10.0. The van der Waals surface area contributed by atoms with Gasteiger partial charge in [0.2, 0.25) is 0 Å². The van der Waals surface area contributed by atoms with Crippen LogP contribution in [0.1, 0.15) is 15.9 Å². The molecule has 0 spiro atoms. The van der Waals surface area contributed by atoms with E-state index in [4.69, 9.17) is 11.5 Å². The quantitative estimate of drug-likeness (QED) is 0.599. The summed E-state index contributed by atoms with van der Waals surface area (Å²) in [4.78, 5) is 12.0. The molecule has 0 saturated heterocycles. The Balaban J connectivity index is 2.47. The van der Waals surface area contributed by atoms with Crippen LogP contribution in [0.4, 0.5) is 11.4 Å². The Hall–Kier alpha value is -1.81. The number of thiophene rings is 1. The first-order valence-electron chi connectivity index (χ1n) is 4.41. The molecule has 0 aliphatic rings. The molecule has 2 aromatic rings. The third-order valence-electron chi connectivity index (χ3n) is 2.17. The number of nitrogens with two attached hydrogens (primary N) is 2. The number of hydrogen-bond acceptors (Lipinski definition) is 4. The number of benzene rings is 1. The third-order valence-corrected chi connectivity index (χ3v) is 2.85. The van der Waals surface area contributed by atoms with Crippen LogP contribution in [0.25, 0.3) is 0 Å². The van der Waals surface area contributed by atoms with Crippen LogP contribution in [0.5, 0.6) is 0 Å². The van der Waals surface area contributed by atoms with Crippen LogP contribution in [0, 0.1) is 0 Å². The fourth-order valence-corrected chi connectivity index (χ4v) is 1.97. The van der Waals surface area contributed by atoms with E-state index in [0.29, 0.717) is 22.5 Å². The van der Waals surface area contributed by atoms with Gasteiger partial charge in [0.1, 0.15) is 0 Å². The summed E-state index contributed by atoms with van der Waals surface area (Å²) in [5, 5.41) is 3.65. The van der Waals surface area contributed by atoms with Crippen molar-refractivity contribution in [3.63, 3.8) is 0 Å². The molecule has 0 radical (unpaired) electrons. The van der Waals surface area contributed by atoms with Crippen LogP contribution in [-0.4, -0.2) is 5.78 Å². The Bertz CT molecular complexity index is 491. The van der Waals surface area contributed by atoms with Gasteiger partial charge in [-0.2, -0.15) is 11.3 Å². The molecular weight excluding hydrogens is 208 g/mol. The van der Waals surface area contributed by atoms with Crippen molar-refractivity contribution < 1.29 is 4.79 Å². The van der Waals surface area contributed by atoms with Crippen molar-refractivity contribution in [2.45, 2.75) is 0 Å². The highest BCUT2D eigenvalue weighted by Crippen LogP contribution is 2.23. The predicted molar refractivity (Wildman–Crippen MR) is 63.0 cm³/mol. The van der Waals surface area contributed by atoms with Gasteiger partial charge < -0.3 is 11.5 Å². The first kappa shape index (κ1) is 9.73. The van der Waals surface area contributed by atoms with Gasteiger partial charge in [0.15, 0.2) is 5.78 Å². The molecule has 15 heavy (non-hydrogen) atoms. The first-order valence-corrected chi connectivity index (χ1v) is 5.35. The van der Waals surface area contributed by atoms with Crippen molar-refractivity contribution in [1.82, 2.24) is 0 Å². The van der Waals surface area contributed by atoms with Crippen LogP contribution in [0.2, 0.25) is 0 Å². The Labute approximate surface area is 91.3 Å². The van der Waals surface area contributed by atoms with E-state index in [2.05, 4.69) is 0 Å². The zero-order chi connectivity index (χ0) is 10.8. The number of hydrogen-bond donors (Lipinski definition) is 2. The van der Waals surface area contributed by atoms with Gasteiger partial charge >= 0.3 is 0 Å². The minimum absolute atomic E-state index is 0.0824. The second-order valence-corrected chi connectivity index (χ2v) is 3.93. The van der Waals surface area contributed by atoms with Crippen molar-refractivity contribution in [2.75, 3.05) is 11.5 Å². The Morgan fingerprint density at radius 3 is 2.67 bits per heavy atom. The van der Waals surface area contributed by atoms with Gasteiger partial charge in [0, 0.05) is 16.5 Å². The molecule has 0 bridgehead atoms. The Morgan fingerprint density at radius 2 is 2.00 bits per heavy atom. The van der Waals surface area contributed by atoms with E-state index in [0.717, 1.165) is 0 Å². The lowest BCUT2D eigenvalue weighted by Crippen LogP contribution is -2.06. The van der Waals surface area contributed by atoms with Crippen molar-refractivity contribution in [3.05, 3.63) is 46.2 Å². The molecule has 0 aliphatic heterocycles. The fourth-order valence-electron chi connectivity index (χ4n) is 1.33. The molecule has 0 fully saturated rings. The molecular formula is C11H10N2OS. The summed E-state index contributed by atoms with van der Waals surface area (Å²) in [6.07, 6.45) is 0. The zero-order valence-corrected chi connectivity index (χ0v) is 8.75. The SMILES string of the molecule is Nc1cccc(C(=O)c2ccsc2)c1N. The van der Waals surface area contributed by atoms with Crippen molar-refractivity contribution in [1.29, 1.82) is 0 Å². The summed E-state index contributed by atoms with van der Waals surface area (Å²) in [5.74, 6) is -0.0824. The number of anilines is 2. The van der Waals surface area contributed by atoms with Gasteiger partial charge in [0.05, 0.1) is 11.4 Å². The van der Waals surface area contributed by atoms with E-state index in [1.54, 1.807) is 29.6 Å². The Kier molecular flexibility index (Phi) is 2.43. The second kappa shape index (κ2) is 3.74. The van der Waals surface area contributed by atoms with Crippen LogP contribution in [0.15, 0.2) is 35.0 Å². The lowest BCUT2D eigenvalue weighted by molar-refractivity contribution is 0.104. The van der Waals surface area contributed by atoms with E-state index in [-0.39, 0.29) is 5.78 Å². The van der Waals surface area contributed by atoms with E-state index in [9.17, 15) is 4.79 Å². The van der Waals surface area contributed by atoms with Crippen molar-refractivity contribution in [3.8, 4) is 0 Å². The minimum atomic E-state index is -0.0824. The molecule has 1 heterocycles. The maximum atomic E-state index is 12.0. The molecule has 0 amide bonds. The smallest absolute Gasteiger partial charge is 0.196 e. The molecule has 1 aromatic heterocycles. The number of para-hydroxylation sites is 1. The molecule has 2 rings (SSSR count). The molecule has 0 unspecified atom stereocenters. The average Bonchev–Trinajstić information content (AvgIpc) is 2.74. The number of carbonyl (C=O) groups is 1. The summed E-state index contributed by atoms with van der Waals surface area (Å²) < 4.78 is 0. The second-order valence-electron chi connectivity index (χ2n) is 3.15.